The van der Waals surface area contributed by atoms with E-state index in [2.05, 4.69) is 5.32 Å². The van der Waals surface area contributed by atoms with E-state index in [1.165, 1.54) is 36.4 Å². The number of hydrogen-bond acceptors (Lipinski definition) is 4. The zero-order chi connectivity index (χ0) is 20.4. The van der Waals surface area contributed by atoms with Gasteiger partial charge in [0.15, 0.2) is 0 Å². The number of Topliss-reactive ketones (excluding diaryl/α,β-unsaturated/α-hetero) is 1. The summed E-state index contributed by atoms with van der Waals surface area (Å²) in [5.74, 6) is -2.12. The number of halogens is 3. The van der Waals surface area contributed by atoms with E-state index in [4.69, 9.17) is 0 Å². The van der Waals surface area contributed by atoms with E-state index in [0.29, 0.717) is 5.69 Å². The maximum absolute atomic E-state index is 13.1. The number of carbonyl (C=O) groups excluding carboxylic acids is 1. The van der Waals surface area contributed by atoms with Crippen molar-refractivity contribution in [3.8, 4) is 0 Å². The van der Waals surface area contributed by atoms with Gasteiger partial charge in [-0.15, -0.1) is 0 Å². The molecule has 0 heterocycles. The highest BCUT2D eigenvalue weighted by Gasteiger charge is 2.53. The molecule has 0 bridgehead atoms. The van der Waals surface area contributed by atoms with Crippen LogP contribution in [0.3, 0.4) is 0 Å². The Morgan fingerprint density at radius 3 is 2.32 bits per heavy atom. The second kappa shape index (κ2) is 7.30. The first-order valence-corrected chi connectivity index (χ1v) is 8.30. The molecule has 2 aromatic rings. The minimum Gasteiger partial charge on any atom is -0.372 e. The van der Waals surface area contributed by atoms with E-state index in [0.717, 1.165) is 6.07 Å². The van der Waals surface area contributed by atoms with E-state index < -0.39 is 34.0 Å². The lowest BCUT2D eigenvalue weighted by Crippen LogP contribution is -2.50. The number of rotatable bonds is 5. The Labute approximate surface area is 158 Å². The molecule has 0 radical (unpaired) electrons. The summed E-state index contributed by atoms with van der Waals surface area (Å²) >= 11 is 0. The average Bonchev–Trinajstić information content (AvgIpc) is 2.68. The zero-order valence-electron chi connectivity index (χ0n) is 14.4. The molecular weight excluding hydrogens is 373 g/mol. The van der Waals surface area contributed by atoms with Gasteiger partial charge in [0.2, 0.25) is 0 Å². The van der Waals surface area contributed by atoms with Gasteiger partial charge >= 0.3 is 6.18 Å². The molecule has 0 aliphatic heterocycles. The number of nitrogens with one attached hydrogen (secondary N) is 1. The second-order valence-electron chi connectivity index (χ2n) is 6.19. The van der Waals surface area contributed by atoms with Gasteiger partial charge in [-0.05, 0) is 18.2 Å². The van der Waals surface area contributed by atoms with Crippen LogP contribution in [0.2, 0.25) is 0 Å². The van der Waals surface area contributed by atoms with Crippen LogP contribution in [-0.4, -0.2) is 22.9 Å². The molecule has 0 saturated heterocycles. The molecule has 5 nitrogen and oxygen atoms in total. The monoisotopic (exact) mass is 388 g/mol. The van der Waals surface area contributed by atoms with Crippen LogP contribution in [-0.2, 0) is 5.54 Å². The van der Waals surface area contributed by atoms with Crippen molar-refractivity contribution in [2.75, 3.05) is 5.32 Å². The number of ketones is 1. The van der Waals surface area contributed by atoms with Crippen molar-refractivity contribution in [1.82, 2.24) is 0 Å². The first kappa shape index (κ1) is 19.3. The van der Waals surface area contributed by atoms with Crippen molar-refractivity contribution in [3.63, 3.8) is 0 Å². The smallest absolute Gasteiger partial charge is 0.372 e. The normalized spacial score (nSPS) is 21.3. The zero-order valence-corrected chi connectivity index (χ0v) is 14.4. The number of alkyl halides is 3. The van der Waals surface area contributed by atoms with E-state index in [1.54, 1.807) is 36.4 Å². The van der Waals surface area contributed by atoms with Gasteiger partial charge in [0.1, 0.15) is 6.04 Å². The van der Waals surface area contributed by atoms with Crippen molar-refractivity contribution < 1.29 is 22.9 Å². The maximum atomic E-state index is 13.1. The number of nitrogens with zero attached hydrogens (tertiary/aromatic N) is 1. The number of para-hydroxylation sites is 1. The molecular formula is C20H15F3N2O3. The Hall–Kier alpha value is -3.42. The number of hydrogen-bond donors (Lipinski definition) is 1. The molecule has 0 fully saturated rings. The van der Waals surface area contributed by atoms with Gasteiger partial charge in [0.05, 0.1) is 0 Å². The molecule has 0 aromatic heterocycles. The average molecular weight is 388 g/mol. The lowest BCUT2D eigenvalue weighted by molar-refractivity contribution is -0.564. The molecule has 0 amide bonds. The largest absolute Gasteiger partial charge is 0.454 e. The van der Waals surface area contributed by atoms with Gasteiger partial charge in [-0.1, -0.05) is 60.7 Å². The standard InChI is InChI=1S/C20H15F3N2O3/c21-20(22,23)18(26)15-10-4-5-11-16(15)19(25(27)28)13-7-6-12-17(19)24-14-8-2-1-3-9-14/h1-13,17,24H. The fraction of sp³-hybridized carbons (Fsp3) is 0.150. The van der Waals surface area contributed by atoms with E-state index >= 15 is 0 Å². The Morgan fingerprint density at radius 1 is 1.04 bits per heavy atom. The maximum Gasteiger partial charge on any atom is 0.454 e. The van der Waals surface area contributed by atoms with Crippen LogP contribution >= 0.6 is 0 Å². The fourth-order valence-corrected chi connectivity index (χ4v) is 3.21. The summed E-state index contributed by atoms with van der Waals surface area (Å²) < 4.78 is 39.3. The van der Waals surface area contributed by atoms with Gasteiger partial charge in [-0.3, -0.25) is 14.9 Å². The summed E-state index contributed by atoms with van der Waals surface area (Å²) in [6.45, 7) is 0. The molecule has 0 spiro atoms. The molecule has 0 saturated carbocycles. The summed E-state index contributed by atoms with van der Waals surface area (Å²) in [5, 5.41) is 15.2. The lowest BCUT2D eigenvalue weighted by Gasteiger charge is -2.33. The van der Waals surface area contributed by atoms with Crippen molar-refractivity contribution in [3.05, 3.63) is 100 Å². The van der Waals surface area contributed by atoms with Gasteiger partial charge in [-0.2, -0.15) is 13.2 Å². The van der Waals surface area contributed by atoms with Crippen LogP contribution in [0.1, 0.15) is 15.9 Å². The van der Waals surface area contributed by atoms with Crippen molar-refractivity contribution in [1.29, 1.82) is 0 Å². The second-order valence-corrected chi connectivity index (χ2v) is 6.19. The third-order valence-corrected chi connectivity index (χ3v) is 4.50. The van der Waals surface area contributed by atoms with Crippen LogP contribution in [0.25, 0.3) is 0 Å². The SMILES string of the molecule is O=C(c1ccccc1C1([N+](=O)[O-])C=CC=CC1Nc1ccccc1)C(F)(F)F. The summed E-state index contributed by atoms with van der Waals surface area (Å²) in [5.41, 5.74) is -2.61. The summed E-state index contributed by atoms with van der Waals surface area (Å²) in [4.78, 5) is 23.5. The molecule has 2 atom stereocenters. The van der Waals surface area contributed by atoms with Gasteiger partial charge in [0, 0.05) is 21.7 Å². The van der Waals surface area contributed by atoms with Gasteiger partial charge in [-0.25, -0.2) is 0 Å². The summed E-state index contributed by atoms with van der Waals surface area (Å²) in [6, 6.07) is 12.3. The highest BCUT2D eigenvalue weighted by molar-refractivity contribution is 6.01. The molecule has 1 aliphatic carbocycles. The molecule has 2 unspecified atom stereocenters. The number of benzene rings is 2. The molecule has 2 aromatic carbocycles. The number of nitro groups is 1. The highest BCUT2D eigenvalue weighted by atomic mass is 19.4. The predicted octanol–water partition coefficient (Wildman–Crippen LogP) is 4.51. The Bertz CT molecular complexity index is 955. The van der Waals surface area contributed by atoms with Crippen molar-refractivity contribution in [2.24, 2.45) is 0 Å². The molecule has 1 aliphatic rings. The first-order chi connectivity index (χ1) is 13.3. The number of carbonyl (C=O) groups is 1. The van der Waals surface area contributed by atoms with Crippen LogP contribution < -0.4 is 5.32 Å². The Kier molecular flexibility index (Phi) is 5.04. The number of anilines is 1. The molecule has 28 heavy (non-hydrogen) atoms. The number of allylic oxidation sites excluding steroid dienone is 2. The highest BCUT2D eigenvalue weighted by Crippen LogP contribution is 2.39. The predicted molar refractivity (Wildman–Crippen MR) is 97.6 cm³/mol. The third kappa shape index (κ3) is 3.40. The quantitative estimate of drug-likeness (QED) is 0.465. The lowest BCUT2D eigenvalue weighted by atomic mass is 9.77. The molecule has 1 N–H and O–H groups in total. The minimum atomic E-state index is -5.15. The molecule has 3 rings (SSSR count). The minimum absolute atomic E-state index is 0.323. The Morgan fingerprint density at radius 2 is 1.68 bits per heavy atom. The van der Waals surface area contributed by atoms with Crippen LogP contribution in [0.4, 0.5) is 18.9 Å². The van der Waals surface area contributed by atoms with Crippen LogP contribution in [0.15, 0.2) is 78.9 Å². The van der Waals surface area contributed by atoms with Crippen molar-refractivity contribution in [2.45, 2.75) is 17.8 Å². The van der Waals surface area contributed by atoms with Crippen LogP contribution in [0.5, 0.6) is 0 Å². The summed E-state index contributed by atoms with van der Waals surface area (Å²) in [7, 11) is 0. The van der Waals surface area contributed by atoms with Gasteiger partial charge in [0.25, 0.3) is 11.3 Å². The van der Waals surface area contributed by atoms with E-state index in [-0.39, 0.29) is 5.56 Å². The van der Waals surface area contributed by atoms with E-state index in [9.17, 15) is 28.1 Å². The first-order valence-electron chi connectivity index (χ1n) is 8.30. The molecule has 144 valence electrons. The van der Waals surface area contributed by atoms with Crippen molar-refractivity contribution >= 4 is 11.5 Å². The fourth-order valence-electron chi connectivity index (χ4n) is 3.21. The Balaban J connectivity index is 2.17. The summed E-state index contributed by atoms with van der Waals surface area (Å²) in [6.07, 6.45) is 0.503. The third-order valence-electron chi connectivity index (χ3n) is 4.50. The molecule has 8 heteroatoms. The topological polar surface area (TPSA) is 72.2 Å². The van der Waals surface area contributed by atoms with Crippen LogP contribution in [0, 0.1) is 10.1 Å². The van der Waals surface area contributed by atoms with Gasteiger partial charge < -0.3 is 5.32 Å². The van der Waals surface area contributed by atoms with E-state index in [1.807, 2.05) is 0 Å².